The number of rotatable bonds is 2. The van der Waals surface area contributed by atoms with E-state index in [1.165, 1.54) is 16.7 Å². The molecule has 1 fully saturated rings. The van der Waals surface area contributed by atoms with Gasteiger partial charge in [0.2, 0.25) is 0 Å². The molecule has 0 N–H and O–H groups in total. The normalized spacial score (nSPS) is 23.5. The first-order valence-corrected chi connectivity index (χ1v) is 6.84. The molecule has 0 bridgehead atoms. The molecule has 2 rings (SSSR count). The maximum atomic E-state index is 6.73. The van der Waals surface area contributed by atoms with Crippen molar-refractivity contribution in [1.82, 2.24) is 0 Å². The summed E-state index contributed by atoms with van der Waals surface area (Å²) in [6.45, 7) is 13.6. The monoisotopic (exact) mass is 250 g/mol. The van der Waals surface area contributed by atoms with Gasteiger partial charge >= 0.3 is 0 Å². The predicted octanol–water partition coefficient (Wildman–Crippen LogP) is 5.27. The molecular formula is C16H23Cl. The summed E-state index contributed by atoms with van der Waals surface area (Å²) in [6.07, 6.45) is 0. The Morgan fingerprint density at radius 2 is 1.59 bits per heavy atom. The lowest BCUT2D eigenvalue weighted by Crippen LogP contribution is -2.02. The van der Waals surface area contributed by atoms with Gasteiger partial charge in [-0.1, -0.05) is 51.5 Å². The van der Waals surface area contributed by atoms with Crippen LogP contribution in [0.5, 0.6) is 0 Å². The Hall–Kier alpha value is -0.490. The summed E-state index contributed by atoms with van der Waals surface area (Å²) < 4.78 is 0. The van der Waals surface area contributed by atoms with E-state index in [1.807, 2.05) is 0 Å². The average Bonchev–Trinajstić information content (AvgIpc) is 2.56. The van der Waals surface area contributed by atoms with Crippen LogP contribution in [-0.4, -0.2) is 0 Å². The molecule has 0 saturated heterocycles. The smallest absolute Gasteiger partial charge is 0.0626 e. The van der Waals surface area contributed by atoms with Crippen molar-refractivity contribution in [2.75, 3.05) is 0 Å². The molecule has 1 heteroatoms. The highest BCUT2D eigenvalue weighted by Gasteiger charge is 2.67. The third-order valence-corrected chi connectivity index (χ3v) is 5.63. The van der Waals surface area contributed by atoms with Gasteiger partial charge in [0.25, 0.3) is 0 Å². The molecule has 0 heterocycles. The summed E-state index contributed by atoms with van der Waals surface area (Å²) in [5.41, 5.74) is 4.63. The van der Waals surface area contributed by atoms with Crippen molar-refractivity contribution in [2.24, 2.45) is 16.7 Å². The zero-order valence-corrected chi connectivity index (χ0v) is 12.5. The SMILES string of the molecule is Cc1ccc(C(Cl)C2C(C)(C)C2(C)C)c(C)c1. The van der Waals surface area contributed by atoms with Crippen LogP contribution < -0.4 is 0 Å². The van der Waals surface area contributed by atoms with Gasteiger partial charge in [-0.2, -0.15) is 0 Å². The molecule has 1 aromatic carbocycles. The highest BCUT2D eigenvalue weighted by atomic mass is 35.5. The Balaban J connectivity index is 2.31. The van der Waals surface area contributed by atoms with E-state index in [0.29, 0.717) is 16.7 Å². The van der Waals surface area contributed by atoms with Gasteiger partial charge < -0.3 is 0 Å². The molecule has 1 aliphatic rings. The highest BCUT2D eigenvalue weighted by Crippen LogP contribution is 2.73. The molecule has 0 spiro atoms. The average molecular weight is 251 g/mol. The van der Waals surface area contributed by atoms with E-state index in [4.69, 9.17) is 11.6 Å². The fourth-order valence-corrected chi connectivity index (χ4v) is 4.17. The maximum Gasteiger partial charge on any atom is 0.0626 e. The lowest BCUT2D eigenvalue weighted by Gasteiger charge is -2.15. The maximum absolute atomic E-state index is 6.73. The molecule has 1 atom stereocenters. The number of alkyl halides is 1. The molecule has 0 amide bonds. The van der Waals surface area contributed by atoms with Crippen LogP contribution in [0.3, 0.4) is 0 Å². The van der Waals surface area contributed by atoms with Gasteiger partial charge in [0.05, 0.1) is 5.38 Å². The van der Waals surface area contributed by atoms with Crippen LogP contribution in [0.2, 0.25) is 0 Å². The molecule has 1 saturated carbocycles. The number of halogens is 1. The van der Waals surface area contributed by atoms with E-state index < -0.39 is 0 Å². The Bertz CT molecular complexity index is 429. The van der Waals surface area contributed by atoms with Crippen LogP contribution in [0.4, 0.5) is 0 Å². The minimum Gasteiger partial charge on any atom is -0.117 e. The van der Waals surface area contributed by atoms with E-state index >= 15 is 0 Å². The van der Waals surface area contributed by atoms with Gasteiger partial charge in [-0.3, -0.25) is 0 Å². The largest absolute Gasteiger partial charge is 0.117 e. The third-order valence-electron chi connectivity index (χ3n) is 5.15. The zero-order valence-electron chi connectivity index (χ0n) is 11.8. The van der Waals surface area contributed by atoms with Crippen molar-refractivity contribution in [1.29, 1.82) is 0 Å². The van der Waals surface area contributed by atoms with Crippen LogP contribution in [0.25, 0.3) is 0 Å². The minimum atomic E-state index is 0.139. The number of hydrogen-bond donors (Lipinski definition) is 0. The summed E-state index contributed by atoms with van der Waals surface area (Å²) in [7, 11) is 0. The number of hydrogen-bond acceptors (Lipinski definition) is 0. The highest BCUT2D eigenvalue weighted by molar-refractivity contribution is 6.21. The third kappa shape index (κ3) is 1.81. The number of benzene rings is 1. The van der Waals surface area contributed by atoms with Crippen LogP contribution in [0, 0.1) is 30.6 Å². The first kappa shape index (κ1) is 13.0. The molecule has 1 unspecified atom stereocenters. The van der Waals surface area contributed by atoms with Crippen LogP contribution in [0.1, 0.15) is 49.8 Å². The molecule has 94 valence electrons. The van der Waals surface area contributed by atoms with Crippen molar-refractivity contribution in [3.8, 4) is 0 Å². The summed E-state index contributed by atoms with van der Waals surface area (Å²) in [6, 6.07) is 6.60. The van der Waals surface area contributed by atoms with Crippen LogP contribution >= 0.6 is 11.6 Å². The van der Waals surface area contributed by atoms with Gasteiger partial charge in [0.15, 0.2) is 0 Å². The molecule has 0 radical (unpaired) electrons. The summed E-state index contributed by atoms with van der Waals surface area (Å²) in [5, 5.41) is 0.139. The van der Waals surface area contributed by atoms with E-state index in [9.17, 15) is 0 Å². The molecule has 1 aliphatic carbocycles. The molecule has 0 aromatic heterocycles. The Kier molecular flexibility index (Phi) is 2.86. The molecule has 17 heavy (non-hydrogen) atoms. The van der Waals surface area contributed by atoms with E-state index in [1.54, 1.807) is 0 Å². The van der Waals surface area contributed by atoms with Gasteiger partial charge in [-0.25, -0.2) is 0 Å². The predicted molar refractivity (Wildman–Crippen MR) is 75.6 cm³/mol. The van der Waals surface area contributed by atoms with Crippen molar-refractivity contribution >= 4 is 11.6 Å². The van der Waals surface area contributed by atoms with Crippen molar-refractivity contribution < 1.29 is 0 Å². The van der Waals surface area contributed by atoms with Gasteiger partial charge in [-0.15, -0.1) is 11.6 Å². The standard InChI is InChI=1S/C16H23Cl/c1-10-7-8-12(11(2)9-10)13(17)14-15(3,4)16(14,5)6/h7-9,13-14H,1-6H3. The fraction of sp³-hybridized carbons (Fsp3) is 0.625. The minimum absolute atomic E-state index is 0.139. The van der Waals surface area contributed by atoms with Crippen molar-refractivity contribution in [3.63, 3.8) is 0 Å². The van der Waals surface area contributed by atoms with E-state index in [0.717, 1.165) is 0 Å². The summed E-state index contributed by atoms with van der Waals surface area (Å²) in [5.74, 6) is 0.568. The second-order valence-electron chi connectivity index (χ2n) is 6.68. The van der Waals surface area contributed by atoms with Crippen molar-refractivity contribution in [3.05, 3.63) is 34.9 Å². The Morgan fingerprint density at radius 3 is 2.00 bits per heavy atom. The first-order chi connectivity index (χ1) is 7.69. The van der Waals surface area contributed by atoms with E-state index in [-0.39, 0.29) is 5.38 Å². The van der Waals surface area contributed by atoms with Gasteiger partial charge in [0, 0.05) is 0 Å². The topological polar surface area (TPSA) is 0 Å². The Morgan fingerprint density at radius 1 is 1.06 bits per heavy atom. The lowest BCUT2D eigenvalue weighted by molar-refractivity contribution is 0.457. The van der Waals surface area contributed by atoms with Crippen LogP contribution in [0.15, 0.2) is 18.2 Å². The quantitative estimate of drug-likeness (QED) is 0.628. The number of aryl methyl sites for hydroxylation is 2. The second-order valence-corrected chi connectivity index (χ2v) is 7.15. The molecule has 0 aliphatic heterocycles. The molecule has 1 aromatic rings. The summed E-state index contributed by atoms with van der Waals surface area (Å²) >= 11 is 6.73. The van der Waals surface area contributed by atoms with Crippen LogP contribution in [-0.2, 0) is 0 Å². The van der Waals surface area contributed by atoms with Gasteiger partial charge in [-0.05, 0) is 41.7 Å². The first-order valence-electron chi connectivity index (χ1n) is 6.41. The van der Waals surface area contributed by atoms with E-state index in [2.05, 4.69) is 59.7 Å². The van der Waals surface area contributed by atoms with Crippen molar-refractivity contribution in [2.45, 2.75) is 46.9 Å². The summed E-state index contributed by atoms with van der Waals surface area (Å²) in [4.78, 5) is 0. The lowest BCUT2D eigenvalue weighted by atomic mass is 9.97. The second kappa shape index (κ2) is 3.75. The zero-order chi connectivity index (χ0) is 13.0. The molecule has 0 nitrogen and oxygen atoms in total. The molecular weight excluding hydrogens is 228 g/mol. The fourth-order valence-electron chi connectivity index (χ4n) is 3.29. The Labute approximate surface area is 110 Å². The van der Waals surface area contributed by atoms with Gasteiger partial charge in [0.1, 0.15) is 0 Å².